The van der Waals surface area contributed by atoms with Gasteiger partial charge >= 0.3 is 0 Å². The molecule has 2 aromatic carbocycles. The van der Waals surface area contributed by atoms with Gasteiger partial charge in [0.1, 0.15) is 5.75 Å². The first kappa shape index (κ1) is 18.2. The van der Waals surface area contributed by atoms with E-state index in [0.717, 1.165) is 12.0 Å². The Morgan fingerprint density at radius 1 is 1.08 bits per heavy atom. The van der Waals surface area contributed by atoms with Gasteiger partial charge in [-0.15, -0.1) is 0 Å². The highest BCUT2D eigenvalue weighted by Gasteiger charge is 2.01. The van der Waals surface area contributed by atoms with Crippen molar-refractivity contribution in [1.29, 1.82) is 0 Å². The first-order valence-corrected chi connectivity index (χ1v) is 7.98. The Morgan fingerprint density at radius 3 is 2.36 bits per heavy atom. The molecule has 0 aromatic heterocycles. The fraction of sp³-hybridized carbons (Fsp3) is 0.211. The van der Waals surface area contributed by atoms with Crippen molar-refractivity contribution in [2.75, 3.05) is 11.9 Å². The van der Waals surface area contributed by atoms with E-state index in [9.17, 15) is 9.59 Å². The second kappa shape index (κ2) is 9.22. The van der Waals surface area contributed by atoms with Crippen molar-refractivity contribution in [2.45, 2.75) is 20.3 Å². The van der Waals surface area contributed by atoms with E-state index >= 15 is 0 Å². The fourth-order valence-electron chi connectivity index (χ4n) is 2.04. The number of carbonyl (C=O) groups excluding carboxylic acids is 2. The maximum Gasteiger partial charge on any atom is 0.277 e. The highest BCUT2D eigenvalue weighted by atomic mass is 16.5. The van der Waals surface area contributed by atoms with Crippen LogP contribution in [0, 0.1) is 0 Å². The third kappa shape index (κ3) is 6.47. The van der Waals surface area contributed by atoms with E-state index in [1.807, 2.05) is 24.3 Å². The smallest absolute Gasteiger partial charge is 0.277 e. The van der Waals surface area contributed by atoms with Gasteiger partial charge in [-0.25, -0.2) is 5.43 Å². The first-order chi connectivity index (χ1) is 12.1. The Bertz CT molecular complexity index is 738. The molecule has 0 spiro atoms. The first-order valence-electron chi connectivity index (χ1n) is 7.98. The number of rotatable bonds is 7. The molecule has 0 radical (unpaired) electrons. The van der Waals surface area contributed by atoms with Gasteiger partial charge < -0.3 is 10.1 Å². The third-order valence-corrected chi connectivity index (χ3v) is 3.34. The molecule has 0 aliphatic heterocycles. The lowest BCUT2D eigenvalue weighted by molar-refractivity contribution is -0.123. The van der Waals surface area contributed by atoms with Crippen molar-refractivity contribution >= 4 is 23.7 Å². The standard InChI is InChI=1S/C19H21N3O3/c1-3-15-6-10-18(11-7-15)25-13-19(24)22-20-12-16-4-8-17(9-5-16)21-14(2)23/h4-12H,3,13H2,1-2H3,(H,21,23)(H,22,24)/b20-12-. The highest BCUT2D eigenvalue weighted by molar-refractivity contribution is 5.89. The number of hydrogen-bond acceptors (Lipinski definition) is 4. The van der Waals surface area contributed by atoms with Crippen molar-refractivity contribution in [3.8, 4) is 5.75 Å². The topological polar surface area (TPSA) is 79.8 Å². The molecule has 0 unspecified atom stereocenters. The predicted octanol–water partition coefficient (Wildman–Crippen LogP) is 2.74. The van der Waals surface area contributed by atoms with Gasteiger partial charge in [0, 0.05) is 12.6 Å². The number of amides is 2. The molecule has 2 amide bonds. The molecule has 130 valence electrons. The Hall–Kier alpha value is -3.15. The molecule has 0 aliphatic carbocycles. The van der Waals surface area contributed by atoms with Gasteiger partial charge in [0.05, 0.1) is 6.21 Å². The summed E-state index contributed by atoms with van der Waals surface area (Å²) in [5, 5.41) is 6.56. The minimum absolute atomic E-state index is 0.107. The minimum atomic E-state index is -0.342. The van der Waals surface area contributed by atoms with Gasteiger partial charge in [0.15, 0.2) is 6.61 Å². The van der Waals surface area contributed by atoms with Gasteiger partial charge in [0.25, 0.3) is 5.91 Å². The van der Waals surface area contributed by atoms with Gasteiger partial charge in [-0.2, -0.15) is 5.10 Å². The molecule has 0 saturated heterocycles. The zero-order chi connectivity index (χ0) is 18.1. The van der Waals surface area contributed by atoms with Crippen LogP contribution in [-0.2, 0) is 16.0 Å². The van der Waals surface area contributed by atoms with Gasteiger partial charge in [-0.3, -0.25) is 9.59 Å². The zero-order valence-corrected chi connectivity index (χ0v) is 14.3. The molecular formula is C19H21N3O3. The Labute approximate surface area is 146 Å². The zero-order valence-electron chi connectivity index (χ0n) is 14.3. The second-order valence-corrected chi connectivity index (χ2v) is 5.38. The normalized spacial score (nSPS) is 10.5. The van der Waals surface area contributed by atoms with Crippen LogP contribution in [0.4, 0.5) is 5.69 Å². The molecule has 2 rings (SSSR count). The quantitative estimate of drug-likeness (QED) is 0.601. The number of benzene rings is 2. The van der Waals surface area contributed by atoms with Crippen LogP contribution in [0.5, 0.6) is 5.75 Å². The highest BCUT2D eigenvalue weighted by Crippen LogP contribution is 2.12. The third-order valence-electron chi connectivity index (χ3n) is 3.34. The van der Waals surface area contributed by atoms with Crippen molar-refractivity contribution < 1.29 is 14.3 Å². The van der Waals surface area contributed by atoms with E-state index in [1.165, 1.54) is 18.7 Å². The average molecular weight is 339 g/mol. The van der Waals surface area contributed by atoms with Crippen LogP contribution in [-0.4, -0.2) is 24.6 Å². The number of anilines is 1. The molecule has 0 aliphatic rings. The number of carbonyl (C=O) groups is 2. The van der Waals surface area contributed by atoms with Crippen LogP contribution in [0.1, 0.15) is 25.0 Å². The summed E-state index contributed by atoms with van der Waals surface area (Å²) < 4.78 is 5.40. The summed E-state index contributed by atoms with van der Waals surface area (Å²) in [6, 6.07) is 14.7. The van der Waals surface area contributed by atoms with Crippen LogP contribution in [0.15, 0.2) is 53.6 Å². The summed E-state index contributed by atoms with van der Waals surface area (Å²) in [6.45, 7) is 3.42. The van der Waals surface area contributed by atoms with E-state index in [-0.39, 0.29) is 18.4 Å². The number of nitrogens with zero attached hydrogens (tertiary/aromatic N) is 1. The van der Waals surface area contributed by atoms with Crippen molar-refractivity contribution in [3.63, 3.8) is 0 Å². The molecule has 2 N–H and O–H groups in total. The second-order valence-electron chi connectivity index (χ2n) is 5.38. The van der Waals surface area contributed by atoms with Crippen LogP contribution >= 0.6 is 0 Å². The molecule has 0 atom stereocenters. The summed E-state index contributed by atoms with van der Waals surface area (Å²) in [7, 11) is 0. The molecular weight excluding hydrogens is 318 g/mol. The van der Waals surface area contributed by atoms with E-state index in [4.69, 9.17) is 4.74 Å². The molecule has 25 heavy (non-hydrogen) atoms. The van der Waals surface area contributed by atoms with E-state index in [0.29, 0.717) is 11.4 Å². The summed E-state index contributed by atoms with van der Waals surface area (Å²) in [5.74, 6) is 0.175. The van der Waals surface area contributed by atoms with Crippen molar-refractivity contribution in [3.05, 3.63) is 59.7 Å². The van der Waals surface area contributed by atoms with Crippen LogP contribution in [0.2, 0.25) is 0 Å². The average Bonchev–Trinajstić information content (AvgIpc) is 2.61. The lowest BCUT2D eigenvalue weighted by atomic mass is 10.2. The molecule has 0 bridgehead atoms. The lowest BCUT2D eigenvalue weighted by Crippen LogP contribution is -2.24. The molecule has 6 nitrogen and oxygen atoms in total. The largest absolute Gasteiger partial charge is 0.484 e. The Balaban J connectivity index is 1.76. The van der Waals surface area contributed by atoms with Crippen LogP contribution in [0.25, 0.3) is 0 Å². The predicted molar refractivity (Wildman–Crippen MR) is 97.8 cm³/mol. The Kier molecular flexibility index (Phi) is 6.71. The van der Waals surface area contributed by atoms with Crippen LogP contribution < -0.4 is 15.5 Å². The maximum atomic E-state index is 11.7. The summed E-state index contributed by atoms with van der Waals surface area (Å²) in [5.41, 5.74) is 5.12. The maximum absolute atomic E-state index is 11.7. The van der Waals surface area contributed by atoms with E-state index in [1.54, 1.807) is 24.3 Å². The lowest BCUT2D eigenvalue weighted by Gasteiger charge is -2.05. The fourth-order valence-corrected chi connectivity index (χ4v) is 2.04. The van der Waals surface area contributed by atoms with Gasteiger partial charge in [-0.1, -0.05) is 31.2 Å². The summed E-state index contributed by atoms with van der Waals surface area (Å²) in [4.78, 5) is 22.7. The van der Waals surface area contributed by atoms with E-state index in [2.05, 4.69) is 22.8 Å². The van der Waals surface area contributed by atoms with Crippen molar-refractivity contribution in [1.82, 2.24) is 5.43 Å². The summed E-state index contributed by atoms with van der Waals surface area (Å²) in [6.07, 6.45) is 2.48. The number of aryl methyl sites for hydroxylation is 1. The molecule has 0 fully saturated rings. The number of hydrogen-bond donors (Lipinski definition) is 2. The Morgan fingerprint density at radius 2 is 1.76 bits per heavy atom. The number of ether oxygens (including phenoxy) is 1. The monoisotopic (exact) mass is 339 g/mol. The number of hydrazone groups is 1. The van der Waals surface area contributed by atoms with Gasteiger partial charge in [0.2, 0.25) is 5.91 Å². The number of nitrogens with one attached hydrogen (secondary N) is 2. The molecule has 2 aromatic rings. The minimum Gasteiger partial charge on any atom is -0.484 e. The van der Waals surface area contributed by atoms with Crippen LogP contribution in [0.3, 0.4) is 0 Å². The molecule has 6 heteroatoms. The molecule has 0 saturated carbocycles. The van der Waals surface area contributed by atoms with Crippen molar-refractivity contribution in [2.24, 2.45) is 5.10 Å². The SMILES string of the molecule is CCc1ccc(OCC(=O)N/N=C\c2ccc(NC(C)=O)cc2)cc1. The van der Waals surface area contributed by atoms with Gasteiger partial charge in [-0.05, 0) is 41.8 Å². The summed E-state index contributed by atoms with van der Waals surface area (Å²) >= 11 is 0. The molecule has 0 heterocycles. The van der Waals surface area contributed by atoms with E-state index < -0.39 is 0 Å².